The Labute approximate surface area is 64.0 Å². The topological polar surface area (TPSA) is 12.0 Å². The Bertz CT molecular complexity index is 146. The molecule has 0 atom stereocenters. The monoisotopic (exact) mass is 167 g/mol. The largest absolute Gasteiger partial charge is 0.406 e. The molecule has 0 amide bonds. The van der Waals surface area contributed by atoms with Gasteiger partial charge in [-0.05, 0) is 25.8 Å². The molecule has 1 aliphatic rings. The van der Waals surface area contributed by atoms with Crippen molar-refractivity contribution in [2.75, 3.05) is 7.05 Å². The van der Waals surface area contributed by atoms with E-state index in [-0.39, 0.29) is 18.8 Å². The van der Waals surface area contributed by atoms with Crippen molar-refractivity contribution in [1.29, 1.82) is 0 Å². The predicted octanol–water partition coefficient (Wildman–Crippen LogP) is 1.94. The van der Waals surface area contributed by atoms with Gasteiger partial charge in [0.25, 0.3) is 0 Å². The maximum absolute atomic E-state index is 12.3. The Morgan fingerprint density at radius 3 is 1.91 bits per heavy atom. The summed E-state index contributed by atoms with van der Waals surface area (Å²) in [5, 5.41) is 2.36. The summed E-state index contributed by atoms with van der Waals surface area (Å²) in [6.07, 6.45) is -3.66. The van der Waals surface area contributed by atoms with Gasteiger partial charge in [-0.25, -0.2) is 0 Å². The molecule has 0 bridgehead atoms. The van der Waals surface area contributed by atoms with Crippen LogP contribution in [0.4, 0.5) is 13.2 Å². The quantitative estimate of drug-likeness (QED) is 0.629. The summed E-state index contributed by atoms with van der Waals surface area (Å²) in [4.78, 5) is 0. The Morgan fingerprint density at radius 2 is 1.82 bits per heavy atom. The molecule has 66 valence electrons. The van der Waals surface area contributed by atoms with Crippen molar-refractivity contribution in [2.24, 2.45) is 5.92 Å². The van der Waals surface area contributed by atoms with Crippen molar-refractivity contribution in [3.8, 4) is 0 Å². The van der Waals surface area contributed by atoms with Crippen molar-refractivity contribution in [3.05, 3.63) is 0 Å². The molecule has 1 aliphatic carbocycles. The first-order chi connectivity index (χ1) is 4.91. The predicted molar refractivity (Wildman–Crippen MR) is 36.2 cm³/mol. The van der Waals surface area contributed by atoms with Crippen LogP contribution in [0.1, 0.15) is 19.8 Å². The number of halogens is 3. The zero-order valence-electron chi connectivity index (χ0n) is 6.63. The van der Waals surface area contributed by atoms with Crippen LogP contribution in [-0.4, -0.2) is 18.8 Å². The lowest BCUT2D eigenvalue weighted by molar-refractivity contribution is -0.227. The minimum atomic E-state index is -4.09. The second-order valence-corrected chi connectivity index (χ2v) is 3.34. The summed E-state index contributed by atoms with van der Waals surface area (Å²) in [5.41, 5.74) is -1.58. The highest BCUT2D eigenvalue weighted by molar-refractivity contribution is 5.04. The van der Waals surface area contributed by atoms with E-state index in [1.807, 2.05) is 6.92 Å². The molecule has 1 nitrogen and oxygen atoms in total. The third-order valence-corrected chi connectivity index (χ3v) is 2.42. The van der Waals surface area contributed by atoms with Gasteiger partial charge in [-0.15, -0.1) is 0 Å². The lowest BCUT2D eigenvalue weighted by Gasteiger charge is -2.47. The van der Waals surface area contributed by atoms with Crippen molar-refractivity contribution in [1.82, 2.24) is 5.32 Å². The van der Waals surface area contributed by atoms with E-state index in [9.17, 15) is 13.2 Å². The second-order valence-electron chi connectivity index (χ2n) is 3.34. The number of nitrogens with one attached hydrogen (secondary N) is 1. The maximum atomic E-state index is 12.3. The van der Waals surface area contributed by atoms with Crippen LogP contribution in [-0.2, 0) is 0 Å². The normalized spacial score (nSPS) is 38.5. The van der Waals surface area contributed by atoms with Gasteiger partial charge in [0.15, 0.2) is 0 Å². The van der Waals surface area contributed by atoms with E-state index in [1.54, 1.807) is 0 Å². The third-order valence-electron chi connectivity index (χ3n) is 2.42. The fourth-order valence-corrected chi connectivity index (χ4v) is 1.71. The van der Waals surface area contributed by atoms with E-state index in [1.165, 1.54) is 7.05 Å². The fraction of sp³-hybridized carbons (Fsp3) is 1.00. The molecule has 11 heavy (non-hydrogen) atoms. The van der Waals surface area contributed by atoms with Gasteiger partial charge in [0.1, 0.15) is 5.54 Å². The minimum absolute atomic E-state index is 0.198. The standard InChI is InChI=1S/C7H12F3N/c1-5-3-6(4-5,11-2)7(8,9)10/h5,11H,3-4H2,1-2H3. The van der Waals surface area contributed by atoms with Crippen molar-refractivity contribution < 1.29 is 13.2 Å². The average Bonchev–Trinajstić information content (AvgIpc) is 1.77. The molecule has 0 aromatic rings. The molecular weight excluding hydrogens is 155 g/mol. The van der Waals surface area contributed by atoms with E-state index in [2.05, 4.69) is 5.32 Å². The smallest absolute Gasteiger partial charge is 0.307 e. The van der Waals surface area contributed by atoms with Gasteiger partial charge in [-0.3, -0.25) is 0 Å². The van der Waals surface area contributed by atoms with E-state index >= 15 is 0 Å². The highest BCUT2D eigenvalue weighted by atomic mass is 19.4. The van der Waals surface area contributed by atoms with Crippen LogP contribution in [0.25, 0.3) is 0 Å². The van der Waals surface area contributed by atoms with Gasteiger partial charge in [0.2, 0.25) is 0 Å². The Balaban J connectivity index is 2.65. The van der Waals surface area contributed by atoms with Gasteiger partial charge < -0.3 is 5.32 Å². The van der Waals surface area contributed by atoms with Crippen LogP contribution in [0.15, 0.2) is 0 Å². The highest BCUT2D eigenvalue weighted by Crippen LogP contribution is 2.47. The first-order valence-electron chi connectivity index (χ1n) is 3.67. The van der Waals surface area contributed by atoms with Crippen molar-refractivity contribution >= 4 is 0 Å². The maximum Gasteiger partial charge on any atom is 0.406 e. The molecule has 0 heterocycles. The van der Waals surface area contributed by atoms with Gasteiger partial charge in [-0.1, -0.05) is 6.92 Å². The Morgan fingerprint density at radius 1 is 1.36 bits per heavy atom. The summed E-state index contributed by atoms with van der Waals surface area (Å²) >= 11 is 0. The summed E-state index contributed by atoms with van der Waals surface area (Å²) in [6, 6.07) is 0. The molecule has 0 radical (unpaired) electrons. The summed E-state index contributed by atoms with van der Waals surface area (Å²) in [6.45, 7) is 1.83. The van der Waals surface area contributed by atoms with Gasteiger partial charge in [-0.2, -0.15) is 13.2 Å². The van der Waals surface area contributed by atoms with Crippen LogP contribution in [0.3, 0.4) is 0 Å². The number of hydrogen-bond acceptors (Lipinski definition) is 1. The van der Waals surface area contributed by atoms with Gasteiger partial charge in [0.05, 0.1) is 0 Å². The van der Waals surface area contributed by atoms with Crippen LogP contribution in [0.2, 0.25) is 0 Å². The lowest BCUT2D eigenvalue weighted by atomic mass is 9.69. The van der Waals surface area contributed by atoms with E-state index in [4.69, 9.17) is 0 Å². The molecule has 0 aromatic heterocycles. The fourth-order valence-electron chi connectivity index (χ4n) is 1.71. The second kappa shape index (κ2) is 2.37. The number of hydrogen-bond donors (Lipinski definition) is 1. The SMILES string of the molecule is CNC1(C(F)(F)F)CC(C)C1. The molecule has 0 spiro atoms. The first kappa shape index (κ1) is 8.84. The van der Waals surface area contributed by atoms with Crippen LogP contribution < -0.4 is 5.32 Å². The summed E-state index contributed by atoms with van der Waals surface area (Å²) < 4.78 is 36.8. The first-order valence-corrected chi connectivity index (χ1v) is 3.67. The molecular formula is C7H12F3N. The number of rotatable bonds is 1. The van der Waals surface area contributed by atoms with Crippen molar-refractivity contribution in [3.63, 3.8) is 0 Å². The van der Waals surface area contributed by atoms with Crippen LogP contribution >= 0.6 is 0 Å². The molecule has 4 heteroatoms. The zero-order chi connectivity index (χ0) is 8.70. The average molecular weight is 167 g/mol. The van der Waals surface area contributed by atoms with Crippen LogP contribution in [0, 0.1) is 5.92 Å². The zero-order valence-corrected chi connectivity index (χ0v) is 6.63. The molecule has 1 saturated carbocycles. The van der Waals surface area contributed by atoms with E-state index in [0.717, 1.165) is 0 Å². The van der Waals surface area contributed by atoms with E-state index < -0.39 is 11.7 Å². The van der Waals surface area contributed by atoms with Gasteiger partial charge >= 0.3 is 6.18 Å². The minimum Gasteiger partial charge on any atom is -0.307 e. The third kappa shape index (κ3) is 1.24. The van der Waals surface area contributed by atoms with Gasteiger partial charge in [0, 0.05) is 0 Å². The molecule has 0 aliphatic heterocycles. The molecule has 1 fully saturated rings. The molecule has 0 aromatic carbocycles. The molecule has 0 unspecified atom stereocenters. The van der Waals surface area contributed by atoms with Crippen molar-refractivity contribution in [2.45, 2.75) is 31.5 Å². The highest BCUT2D eigenvalue weighted by Gasteiger charge is 2.59. The number of alkyl halides is 3. The summed E-state index contributed by atoms with van der Waals surface area (Å²) in [7, 11) is 1.37. The summed E-state index contributed by atoms with van der Waals surface area (Å²) in [5.74, 6) is 0.198. The Hall–Kier alpha value is -0.250. The molecule has 0 saturated heterocycles. The molecule has 1 rings (SSSR count). The van der Waals surface area contributed by atoms with E-state index in [0.29, 0.717) is 0 Å². The Kier molecular flexibility index (Phi) is 1.90. The van der Waals surface area contributed by atoms with Crippen LogP contribution in [0.5, 0.6) is 0 Å². The molecule has 1 N–H and O–H groups in total. The lowest BCUT2D eigenvalue weighted by Crippen LogP contribution is -2.62.